The number of rotatable bonds is 3. The first kappa shape index (κ1) is 16.9. The van der Waals surface area contributed by atoms with Gasteiger partial charge in [-0.15, -0.1) is 0 Å². The van der Waals surface area contributed by atoms with Gasteiger partial charge in [-0.05, 0) is 36.2 Å². The number of hydrogen-bond donors (Lipinski definition) is 2. The molecule has 6 nitrogen and oxygen atoms in total. The lowest BCUT2D eigenvalue weighted by Crippen LogP contribution is -2.22. The molecular weight excluding hydrogens is 348 g/mol. The number of benzene rings is 2. The first-order valence-electron chi connectivity index (χ1n) is 5.97. The van der Waals surface area contributed by atoms with E-state index in [9.17, 15) is 16.8 Å². The highest BCUT2D eigenvalue weighted by Gasteiger charge is 2.27. The molecule has 0 amide bonds. The van der Waals surface area contributed by atoms with Crippen LogP contribution in [0.1, 0.15) is 5.56 Å². The van der Waals surface area contributed by atoms with Crippen molar-refractivity contribution < 1.29 is 16.8 Å². The molecule has 0 radical (unpaired) electrons. The van der Waals surface area contributed by atoms with E-state index in [0.29, 0.717) is 16.1 Å². The minimum atomic E-state index is -4.32. The molecule has 0 saturated carbocycles. The van der Waals surface area contributed by atoms with Gasteiger partial charge >= 0.3 is 0 Å². The van der Waals surface area contributed by atoms with Crippen molar-refractivity contribution in [1.29, 1.82) is 0 Å². The average Bonchev–Trinajstić information content (AvgIpc) is 2.37. The molecule has 0 aliphatic carbocycles. The Balaban J connectivity index is 2.98. The number of hydrogen-bond acceptors (Lipinski definition) is 4. The smallest absolute Gasteiger partial charge is 0.225 e. The van der Waals surface area contributed by atoms with Gasteiger partial charge in [0.15, 0.2) is 0 Å². The van der Waals surface area contributed by atoms with Gasteiger partial charge in [-0.3, -0.25) is 0 Å². The topological polar surface area (TPSA) is 120 Å². The van der Waals surface area contributed by atoms with Gasteiger partial charge in [-0.1, -0.05) is 29.8 Å². The van der Waals surface area contributed by atoms with Gasteiger partial charge in [0.2, 0.25) is 20.0 Å². The van der Waals surface area contributed by atoms with E-state index < -0.39 is 29.8 Å². The molecule has 0 atom stereocenters. The minimum absolute atomic E-state index is 0.186. The van der Waals surface area contributed by atoms with E-state index in [4.69, 9.17) is 21.9 Å². The summed E-state index contributed by atoms with van der Waals surface area (Å²) in [5, 5.41) is 10.8. The third-order valence-corrected chi connectivity index (χ3v) is 5.38. The molecule has 118 valence electrons. The molecule has 0 spiro atoms. The maximum Gasteiger partial charge on any atom is 0.240 e. The number of halogens is 1. The van der Waals surface area contributed by atoms with Crippen molar-refractivity contribution in [1.82, 2.24) is 0 Å². The van der Waals surface area contributed by atoms with Gasteiger partial charge in [0, 0.05) is 10.6 Å². The van der Waals surface area contributed by atoms with E-state index >= 15 is 0 Å². The molecular formula is C13H13ClN2O4S2. The fourth-order valence-electron chi connectivity index (χ4n) is 2.14. The summed E-state index contributed by atoms with van der Waals surface area (Å²) in [6.45, 7) is 1.64. The lowest BCUT2D eigenvalue weighted by molar-refractivity contribution is 0.584. The summed E-state index contributed by atoms with van der Waals surface area (Å²) in [4.78, 5) is -1.05. The summed E-state index contributed by atoms with van der Waals surface area (Å²) in [6, 6.07) is 8.88. The number of primary sulfonamides is 2. The lowest BCUT2D eigenvalue weighted by atomic mass is 10.0. The van der Waals surface area contributed by atoms with E-state index in [1.807, 2.05) is 0 Å². The number of sulfonamides is 2. The van der Waals surface area contributed by atoms with Gasteiger partial charge in [0.05, 0.1) is 0 Å². The molecule has 0 unspecified atom stereocenters. The van der Waals surface area contributed by atoms with E-state index in [2.05, 4.69) is 0 Å². The van der Waals surface area contributed by atoms with Crippen molar-refractivity contribution in [2.45, 2.75) is 16.7 Å². The predicted molar refractivity (Wildman–Crippen MR) is 84.4 cm³/mol. The molecule has 22 heavy (non-hydrogen) atoms. The van der Waals surface area contributed by atoms with Crippen molar-refractivity contribution in [3.63, 3.8) is 0 Å². The van der Waals surface area contributed by atoms with Crippen LogP contribution in [0.2, 0.25) is 5.02 Å². The lowest BCUT2D eigenvalue weighted by Gasteiger charge is -2.15. The Kier molecular flexibility index (Phi) is 4.33. The second-order valence-corrected chi connectivity index (χ2v) is 8.15. The monoisotopic (exact) mass is 360 g/mol. The highest BCUT2D eigenvalue weighted by atomic mass is 35.5. The first-order valence-corrected chi connectivity index (χ1v) is 9.44. The predicted octanol–water partition coefficient (Wildman–Crippen LogP) is 1.61. The molecule has 0 aromatic heterocycles. The largest absolute Gasteiger partial charge is 0.240 e. The normalized spacial score (nSPS) is 12.4. The molecule has 4 N–H and O–H groups in total. The van der Waals surface area contributed by atoms with Crippen molar-refractivity contribution in [2.75, 3.05) is 0 Å². The van der Waals surface area contributed by atoms with Crippen LogP contribution in [0.25, 0.3) is 11.1 Å². The van der Waals surface area contributed by atoms with Crippen LogP contribution >= 0.6 is 11.6 Å². The van der Waals surface area contributed by atoms with E-state index in [-0.39, 0.29) is 5.56 Å². The maximum atomic E-state index is 11.9. The zero-order chi connectivity index (χ0) is 16.7. The van der Waals surface area contributed by atoms with Gasteiger partial charge in [0.1, 0.15) is 9.79 Å². The molecule has 0 aliphatic rings. The second kappa shape index (κ2) is 5.64. The summed E-state index contributed by atoms with van der Waals surface area (Å²) < 4.78 is 47.3. The SMILES string of the molecule is Cc1ccc(S(N)(=O)=O)c(S(N)(=O)=O)c1-c1ccc(Cl)cc1. The van der Waals surface area contributed by atoms with Crippen LogP contribution in [0.5, 0.6) is 0 Å². The second-order valence-electron chi connectivity index (χ2n) is 4.68. The Morgan fingerprint density at radius 3 is 1.86 bits per heavy atom. The fraction of sp³-hybridized carbons (Fsp3) is 0.0769. The van der Waals surface area contributed by atoms with Crippen LogP contribution in [0.3, 0.4) is 0 Å². The zero-order valence-electron chi connectivity index (χ0n) is 11.4. The zero-order valence-corrected chi connectivity index (χ0v) is 13.8. The van der Waals surface area contributed by atoms with Crippen LogP contribution in [0.4, 0.5) is 0 Å². The summed E-state index contributed by atoms with van der Waals surface area (Å²) in [5.74, 6) is 0. The molecule has 0 saturated heterocycles. The Morgan fingerprint density at radius 1 is 0.864 bits per heavy atom. The number of aryl methyl sites for hydroxylation is 1. The minimum Gasteiger partial charge on any atom is -0.225 e. The van der Waals surface area contributed by atoms with Crippen molar-refractivity contribution >= 4 is 31.6 Å². The van der Waals surface area contributed by atoms with Crippen LogP contribution in [0, 0.1) is 6.92 Å². The summed E-state index contributed by atoms with van der Waals surface area (Å²) in [5.41, 5.74) is 1.20. The van der Waals surface area contributed by atoms with E-state index in [0.717, 1.165) is 6.07 Å². The summed E-state index contributed by atoms with van der Waals surface area (Å²) >= 11 is 5.81. The highest BCUT2D eigenvalue weighted by molar-refractivity contribution is 7.92. The van der Waals surface area contributed by atoms with E-state index in [1.54, 1.807) is 31.2 Å². The van der Waals surface area contributed by atoms with Crippen molar-refractivity contribution in [3.05, 3.63) is 47.0 Å². The maximum absolute atomic E-state index is 11.9. The Hall–Kier alpha value is -1.45. The molecule has 0 fully saturated rings. The average molecular weight is 361 g/mol. The Morgan fingerprint density at radius 2 is 1.41 bits per heavy atom. The first-order chi connectivity index (χ1) is 10.0. The quantitative estimate of drug-likeness (QED) is 0.863. The van der Waals surface area contributed by atoms with Crippen molar-refractivity contribution in [2.24, 2.45) is 10.3 Å². The molecule has 9 heteroatoms. The summed E-state index contributed by atoms with van der Waals surface area (Å²) in [6.07, 6.45) is 0. The Bertz CT molecular complexity index is 937. The van der Waals surface area contributed by atoms with Gasteiger partial charge in [-0.2, -0.15) is 0 Å². The summed E-state index contributed by atoms with van der Waals surface area (Å²) in [7, 11) is -8.58. The molecule has 2 aromatic rings. The van der Waals surface area contributed by atoms with Crippen LogP contribution in [-0.4, -0.2) is 16.8 Å². The molecule has 2 aromatic carbocycles. The molecule has 0 heterocycles. The highest BCUT2D eigenvalue weighted by Crippen LogP contribution is 2.34. The fourth-order valence-corrected chi connectivity index (χ4v) is 4.50. The third-order valence-electron chi connectivity index (χ3n) is 3.05. The van der Waals surface area contributed by atoms with Gasteiger partial charge in [-0.25, -0.2) is 27.1 Å². The molecule has 2 rings (SSSR count). The Labute approximate surface area is 133 Å². The number of nitrogens with two attached hydrogens (primary N) is 2. The standard InChI is InChI=1S/C13H13ClN2O4S2/c1-8-2-7-11(21(15,17)18)13(22(16,19)20)12(8)9-3-5-10(14)6-4-9/h2-7H,1H3,(H2,15,17,18)(H2,16,19,20). The van der Waals surface area contributed by atoms with Gasteiger partial charge in [0.25, 0.3) is 0 Å². The molecule has 0 aliphatic heterocycles. The van der Waals surface area contributed by atoms with Crippen LogP contribution < -0.4 is 10.3 Å². The van der Waals surface area contributed by atoms with E-state index in [1.165, 1.54) is 6.07 Å². The van der Waals surface area contributed by atoms with Crippen molar-refractivity contribution in [3.8, 4) is 11.1 Å². The van der Waals surface area contributed by atoms with Crippen LogP contribution in [-0.2, 0) is 20.0 Å². The van der Waals surface area contributed by atoms with Gasteiger partial charge < -0.3 is 0 Å². The van der Waals surface area contributed by atoms with Crippen LogP contribution in [0.15, 0.2) is 46.2 Å². The molecule has 0 bridgehead atoms. The third kappa shape index (κ3) is 3.31.